The van der Waals surface area contributed by atoms with Gasteiger partial charge in [0.1, 0.15) is 5.54 Å². The van der Waals surface area contributed by atoms with E-state index < -0.39 is 0 Å². The molecule has 1 fully saturated rings. The van der Waals surface area contributed by atoms with Crippen molar-refractivity contribution in [2.45, 2.75) is 44.2 Å². The van der Waals surface area contributed by atoms with E-state index in [1.54, 1.807) is 0 Å². The van der Waals surface area contributed by atoms with Crippen molar-refractivity contribution in [2.24, 2.45) is 0 Å². The highest BCUT2D eigenvalue weighted by atomic mass is 16.5. The molecule has 3 heteroatoms. The van der Waals surface area contributed by atoms with Gasteiger partial charge in [-0.15, -0.1) is 0 Å². The van der Waals surface area contributed by atoms with E-state index >= 15 is 0 Å². The van der Waals surface area contributed by atoms with Crippen LogP contribution in [0.2, 0.25) is 0 Å². The summed E-state index contributed by atoms with van der Waals surface area (Å²) in [5.41, 5.74) is -0.500. The Balaban J connectivity index is 2.76. The quantitative estimate of drug-likeness (QED) is 0.703. The highest BCUT2D eigenvalue weighted by molar-refractivity contribution is 5.11. The van der Waals surface area contributed by atoms with Crippen LogP contribution in [-0.4, -0.2) is 24.8 Å². The minimum atomic E-state index is -0.372. The average Bonchev–Trinajstić information content (AvgIpc) is 2.18. The van der Waals surface area contributed by atoms with Crippen molar-refractivity contribution in [3.8, 4) is 6.07 Å². The lowest BCUT2D eigenvalue weighted by atomic mass is 9.80. The van der Waals surface area contributed by atoms with E-state index in [1.165, 1.54) is 0 Å². The topological polar surface area (TPSA) is 45.0 Å². The van der Waals surface area contributed by atoms with Gasteiger partial charge in [0, 0.05) is 12.8 Å². The molecular weight excluding hydrogens is 164 g/mol. The lowest BCUT2D eigenvalue weighted by molar-refractivity contribution is -0.0892. The van der Waals surface area contributed by atoms with Gasteiger partial charge in [-0.25, -0.2) is 0 Å². The van der Waals surface area contributed by atoms with Gasteiger partial charge in [0.2, 0.25) is 0 Å². The van der Waals surface area contributed by atoms with Gasteiger partial charge in [-0.05, 0) is 20.4 Å². The van der Waals surface area contributed by atoms with Crippen LogP contribution in [0.15, 0.2) is 0 Å². The smallest absolute Gasteiger partial charge is 0.111 e. The van der Waals surface area contributed by atoms with Gasteiger partial charge < -0.3 is 10.1 Å². The molecule has 0 aliphatic carbocycles. The van der Waals surface area contributed by atoms with Crippen molar-refractivity contribution in [3.63, 3.8) is 0 Å². The van der Waals surface area contributed by atoms with Crippen LogP contribution in [0.3, 0.4) is 0 Å². The number of hydrogen-bond acceptors (Lipinski definition) is 3. The molecule has 3 nitrogen and oxygen atoms in total. The van der Waals surface area contributed by atoms with E-state index in [1.807, 2.05) is 7.05 Å². The molecule has 2 unspecified atom stereocenters. The first kappa shape index (κ1) is 10.5. The molecule has 1 saturated heterocycles. The third kappa shape index (κ3) is 2.01. The molecule has 0 aromatic heterocycles. The largest absolute Gasteiger partial charge is 0.375 e. The van der Waals surface area contributed by atoms with Gasteiger partial charge >= 0.3 is 0 Å². The number of ether oxygens (including phenoxy) is 1. The highest BCUT2D eigenvalue weighted by Gasteiger charge is 2.41. The summed E-state index contributed by atoms with van der Waals surface area (Å²) in [7, 11) is 1.85. The molecule has 1 rings (SSSR count). The Kier molecular flexibility index (Phi) is 2.94. The van der Waals surface area contributed by atoms with Crippen LogP contribution < -0.4 is 5.32 Å². The standard InChI is InChI=1S/C10H18N2O/c1-4-9(2)7-10(8-11,12-3)5-6-13-9/h12H,4-7H2,1-3H3. The van der Waals surface area contributed by atoms with E-state index in [4.69, 9.17) is 10.00 Å². The molecule has 1 heterocycles. The Morgan fingerprint density at radius 1 is 1.62 bits per heavy atom. The SMILES string of the molecule is CCC1(C)CC(C#N)(NC)CCO1. The molecule has 74 valence electrons. The predicted molar refractivity (Wildman–Crippen MR) is 51.3 cm³/mol. The number of nitrogens with one attached hydrogen (secondary N) is 1. The minimum Gasteiger partial charge on any atom is -0.375 e. The zero-order valence-electron chi connectivity index (χ0n) is 8.68. The molecule has 0 aromatic carbocycles. The second-order valence-electron chi connectivity index (χ2n) is 4.02. The van der Waals surface area contributed by atoms with E-state index in [0.717, 1.165) is 19.3 Å². The summed E-state index contributed by atoms with van der Waals surface area (Å²) in [5.74, 6) is 0. The molecule has 1 aliphatic heterocycles. The summed E-state index contributed by atoms with van der Waals surface area (Å²) in [6, 6.07) is 2.37. The second-order valence-corrected chi connectivity index (χ2v) is 4.02. The van der Waals surface area contributed by atoms with Crippen molar-refractivity contribution < 1.29 is 4.74 Å². The maximum absolute atomic E-state index is 9.10. The van der Waals surface area contributed by atoms with E-state index in [0.29, 0.717) is 6.61 Å². The van der Waals surface area contributed by atoms with Crippen LogP contribution in [0.1, 0.15) is 33.1 Å². The Bertz CT molecular complexity index is 223. The molecule has 1 aliphatic rings. The van der Waals surface area contributed by atoms with Gasteiger partial charge in [0.15, 0.2) is 0 Å². The van der Waals surface area contributed by atoms with Gasteiger partial charge in [-0.1, -0.05) is 6.92 Å². The molecular formula is C10H18N2O. The summed E-state index contributed by atoms with van der Waals surface area (Å²) < 4.78 is 5.68. The maximum atomic E-state index is 9.10. The monoisotopic (exact) mass is 182 g/mol. The second kappa shape index (κ2) is 3.65. The first-order valence-electron chi connectivity index (χ1n) is 4.84. The zero-order chi connectivity index (χ0) is 9.95. The van der Waals surface area contributed by atoms with Crippen LogP contribution in [0.4, 0.5) is 0 Å². The fraction of sp³-hybridized carbons (Fsp3) is 0.900. The van der Waals surface area contributed by atoms with Gasteiger partial charge in [-0.2, -0.15) is 5.26 Å². The molecule has 0 radical (unpaired) electrons. The Morgan fingerprint density at radius 3 is 2.77 bits per heavy atom. The first-order valence-corrected chi connectivity index (χ1v) is 4.84. The van der Waals surface area contributed by atoms with Gasteiger partial charge in [-0.3, -0.25) is 0 Å². The van der Waals surface area contributed by atoms with Crippen LogP contribution >= 0.6 is 0 Å². The summed E-state index contributed by atoms with van der Waals surface area (Å²) in [5, 5.41) is 12.2. The fourth-order valence-electron chi connectivity index (χ4n) is 1.84. The lowest BCUT2D eigenvalue weighted by Gasteiger charge is -2.42. The Labute approximate surface area is 80.1 Å². The fourth-order valence-corrected chi connectivity index (χ4v) is 1.84. The third-order valence-corrected chi connectivity index (χ3v) is 3.10. The van der Waals surface area contributed by atoms with Crippen molar-refractivity contribution in [1.29, 1.82) is 5.26 Å². The van der Waals surface area contributed by atoms with Crippen LogP contribution in [-0.2, 0) is 4.74 Å². The highest BCUT2D eigenvalue weighted by Crippen LogP contribution is 2.33. The van der Waals surface area contributed by atoms with Gasteiger partial charge in [0.25, 0.3) is 0 Å². The Morgan fingerprint density at radius 2 is 2.31 bits per heavy atom. The molecule has 13 heavy (non-hydrogen) atoms. The van der Waals surface area contributed by atoms with E-state index in [-0.39, 0.29) is 11.1 Å². The van der Waals surface area contributed by atoms with E-state index in [2.05, 4.69) is 25.2 Å². The minimum absolute atomic E-state index is 0.128. The van der Waals surface area contributed by atoms with Crippen LogP contribution in [0, 0.1) is 11.3 Å². The normalized spacial score (nSPS) is 39.8. The molecule has 0 saturated carbocycles. The van der Waals surface area contributed by atoms with Crippen LogP contribution in [0.5, 0.6) is 0 Å². The third-order valence-electron chi connectivity index (χ3n) is 3.10. The molecule has 1 N–H and O–H groups in total. The molecule has 0 spiro atoms. The summed E-state index contributed by atoms with van der Waals surface area (Å²) >= 11 is 0. The van der Waals surface area contributed by atoms with Crippen LogP contribution in [0.25, 0.3) is 0 Å². The average molecular weight is 182 g/mol. The molecule has 0 bridgehead atoms. The summed E-state index contributed by atoms with van der Waals surface area (Å²) in [4.78, 5) is 0. The lowest BCUT2D eigenvalue weighted by Crippen LogP contribution is -2.53. The number of nitrogens with zero attached hydrogens (tertiary/aromatic N) is 1. The first-order chi connectivity index (χ1) is 6.10. The van der Waals surface area contributed by atoms with Gasteiger partial charge in [0.05, 0.1) is 18.3 Å². The van der Waals surface area contributed by atoms with Crippen molar-refractivity contribution in [1.82, 2.24) is 5.32 Å². The number of hydrogen-bond donors (Lipinski definition) is 1. The van der Waals surface area contributed by atoms with E-state index in [9.17, 15) is 0 Å². The van der Waals surface area contributed by atoms with Crippen molar-refractivity contribution in [2.75, 3.05) is 13.7 Å². The van der Waals surface area contributed by atoms with Crippen molar-refractivity contribution in [3.05, 3.63) is 0 Å². The predicted octanol–water partition coefficient (Wildman–Crippen LogP) is 1.45. The molecule has 2 atom stereocenters. The molecule has 0 aromatic rings. The Hall–Kier alpha value is -0.590. The summed E-state index contributed by atoms with van der Waals surface area (Å²) in [6.07, 6.45) is 2.53. The zero-order valence-corrected chi connectivity index (χ0v) is 8.68. The maximum Gasteiger partial charge on any atom is 0.111 e. The number of rotatable bonds is 2. The molecule has 0 amide bonds. The number of nitriles is 1. The van der Waals surface area contributed by atoms with Crippen molar-refractivity contribution >= 4 is 0 Å². The summed E-state index contributed by atoms with van der Waals surface area (Å²) in [6.45, 7) is 4.86.